The number of aliphatic imine (C=N–C) groups is 1. The fourth-order valence-electron chi connectivity index (χ4n) is 2.79. The van der Waals surface area contributed by atoms with E-state index in [0.717, 1.165) is 5.01 Å². The van der Waals surface area contributed by atoms with Crippen molar-refractivity contribution in [2.45, 2.75) is 32.4 Å². The van der Waals surface area contributed by atoms with Crippen molar-refractivity contribution in [1.29, 1.82) is 0 Å². The fourth-order valence-corrected chi connectivity index (χ4v) is 2.79. The quantitative estimate of drug-likeness (QED) is 0.126. The molecule has 11 heteroatoms. The Morgan fingerprint density at radius 2 is 1.70 bits per heavy atom. The van der Waals surface area contributed by atoms with Crippen LogP contribution in [0, 0.1) is 0 Å². The Bertz CT molecular complexity index is 1020. The molecule has 0 bridgehead atoms. The smallest absolute Gasteiger partial charge is 0.429 e. The number of nitrogens with one attached hydrogen (secondary N) is 1. The number of guanidine groups is 1. The van der Waals surface area contributed by atoms with Crippen LogP contribution in [0.1, 0.15) is 29.8 Å². The lowest BCUT2D eigenvalue weighted by molar-refractivity contribution is -0.141. The van der Waals surface area contributed by atoms with E-state index in [1.807, 2.05) is 0 Å². The number of nitrogens with zero attached hydrogens (tertiary/aromatic N) is 2. The maximum absolute atomic E-state index is 13.2. The SMILES string of the molecule is CC(C)OC(=O)N(NC=O)[C@@H](Cc1ccccc1)C(=O)Oc1ccccc1C(=O)N=C(N)N. The summed E-state index contributed by atoms with van der Waals surface area (Å²) in [6.07, 6.45) is -1.25. The Morgan fingerprint density at radius 3 is 2.30 bits per heavy atom. The zero-order chi connectivity index (χ0) is 24.4. The van der Waals surface area contributed by atoms with Gasteiger partial charge in [-0.05, 0) is 31.5 Å². The lowest BCUT2D eigenvalue weighted by Gasteiger charge is -2.29. The van der Waals surface area contributed by atoms with Crippen molar-refractivity contribution in [3.8, 4) is 5.75 Å². The summed E-state index contributed by atoms with van der Waals surface area (Å²) in [6.45, 7) is 3.24. The van der Waals surface area contributed by atoms with Gasteiger partial charge in [0.25, 0.3) is 5.91 Å². The van der Waals surface area contributed by atoms with Crippen molar-refractivity contribution < 1.29 is 28.7 Å². The minimum Gasteiger partial charge on any atom is -0.445 e. The van der Waals surface area contributed by atoms with E-state index in [1.54, 1.807) is 44.2 Å². The Morgan fingerprint density at radius 1 is 1.06 bits per heavy atom. The minimum absolute atomic E-state index is 0.0161. The number of rotatable bonds is 9. The molecule has 2 aromatic rings. The fraction of sp³-hybridized carbons (Fsp3) is 0.227. The third-order valence-electron chi connectivity index (χ3n) is 4.14. The van der Waals surface area contributed by atoms with Gasteiger partial charge in [-0.2, -0.15) is 4.99 Å². The molecule has 0 aliphatic carbocycles. The number of benzene rings is 2. The highest BCUT2D eigenvalue weighted by molar-refractivity contribution is 6.04. The van der Waals surface area contributed by atoms with Crippen LogP contribution in [-0.4, -0.2) is 47.5 Å². The molecule has 0 saturated carbocycles. The van der Waals surface area contributed by atoms with E-state index in [0.29, 0.717) is 5.56 Å². The van der Waals surface area contributed by atoms with Crippen LogP contribution in [0.15, 0.2) is 59.6 Å². The van der Waals surface area contributed by atoms with E-state index in [2.05, 4.69) is 10.4 Å². The van der Waals surface area contributed by atoms with Crippen molar-refractivity contribution in [1.82, 2.24) is 10.4 Å². The number of hydrogen-bond donors (Lipinski definition) is 3. The number of carbonyl (C=O) groups excluding carboxylic acids is 4. The van der Waals surface area contributed by atoms with E-state index in [-0.39, 0.29) is 24.1 Å². The van der Waals surface area contributed by atoms with E-state index in [4.69, 9.17) is 20.9 Å². The molecule has 0 fully saturated rings. The molecule has 0 heterocycles. The minimum atomic E-state index is -1.32. The van der Waals surface area contributed by atoms with Gasteiger partial charge in [0.1, 0.15) is 5.75 Å². The first-order valence-corrected chi connectivity index (χ1v) is 9.91. The van der Waals surface area contributed by atoms with Crippen LogP contribution in [0.3, 0.4) is 0 Å². The molecule has 0 radical (unpaired) electrons. The summed E-state index contributed by atoms with van der Waals surface area (Å²) >= 11 is 0. The summed E-state index contributed by atoms with van der Waals surface area (Å²) in [5.74, 6) is -2.33. The van der Waals surface area contributed by atoms with Gasteiger partial charge < -0.3 is 20.9 Å². The Balaban J connectivity index is 2.41. The maximum Gasteiger partial charge on any atom is 0.429 e. The molecule has 2 rings (SSSR count). The first kappa shape index (κ1) is 24.9. The van der Waals surface area contributed by atoms with Gasteiger partial charge in [0.15, 0.2) is 12.0 Å². The average Bonchev–Trinajstić information content (AvgIpc) is 2.76. The topological polar surface area (TPSA) is 166 Å². The number of nitrogens with two attached hydrogens (primary N) is 2. The largest absolute Gasteiger partial charge is 0.445 e. The number of hydrazine groups is 1. The highest BCUT2D eigenvalue weighted by Gasteiger charge is 2.34. The van der Waals surface area contributed by atoms with E-state index < -0.39 is 36.1 Å². The Labute approximate surface area is 190 Å². The van der Waals surface area contributed by atoms with E-state index >= 15 is 0 Å². The molecule has 0 aliphatic rings. The predicted octanol–water partition coefficient (Wildman–Crippen LogP) is 1.12. The second-order valence-corrected chi connectivity index (χ2v) is 7.01. The Hall–Kier alpha value is -4.41. The van der Waals surface area contributed by atoms with Crippen molar-refractivity contribution >= 4 is 30.3 Å². The van der Waals surface area contributed by atoms with Gasteiger partial charge in [0.05, 0.1) is 11.7 Å². The lowest BCUT2D eigenvalue weighted by Crippen LogP contribution is -2.55. The van der Waals surface area contributed by atoms with Crippen LogP contribution < -0.4 is 21.6 Å². The Kier molecular flexibility index (Phi) is 8.92. The molecule has 3 amide bonds. The van der Waals surface area contributed by atoms with E-state index in [9.17, 15) is 19.2 Å². The van der Waals surface area contributed by atoms with Gasteiger partial charge in [0, 0.05) is 6.42 Å². The average molecular weight is 455 g/mol. The maximum atomic E-state index is 13.2. The number of amides is 3. The predicted molar refractivity (Wildman–Crippen MR) is 119 cm³/mol. The van der Waals surface area contributed by atoms with E-state index in [1.165, 1.54) is 24.3 Å². The number of hydrogen-bond acceptors (Lipinski definition) is 6. The van der Waals surface area contributed by atoms with Gasteiger partial charge in [-0.3, -0.25) is 15.0 Å². The van der Waals surface area contributed by atoms with Crippen LogP contribution in [0.2, 0.25) is 0 Å². The molecule has 2 aromatic carbocycles. The van der Waals surface area contributed by atoms with Crippen molar-refractivity contribution in [3.63, 3.8) is 0 Å². The standard InChI is InChI=1S/C22H25N5O6/c1-14(2)32-22(31)27(25-13-28)17(12-15-8-4-3-5-9-15)20(30)33-18-11-7-6-10-16(18)19(29)26-21(23)24/h3-11,13-14,17H,12H2,1-2H3,(H,25,28)(H4,23,24,26,29)/t17-/m0/s1. The molecule has 0 aliphatic heterocycles. The summed E-state index contributed by atoms with van der Waals surface area (Å²) in [5, 5.41) is 0.739. The summed E-state index contributed by atoms with van der Waals surface area (Å²) in [7, 11) is 0. The monoisotopic (exact) mass is 455 g/mol. The zero-order valence-corrected chi connectivity index (χ0v) is 18.1. The first-order valence-electron chi connectivity index (χ1n) is 9.91. The molecule has 11 nitrogen and oxygen atoms in total. The molecule has 5 N–H and O–H groups in total. The normalized spacial score (nSPS) is 11.1. The molecule has 1 atom stereocenters. The number of para-hydroxylation sites is 1. The molecule has 33 heavy (non-hydrogen) atoms. The third-order valence-corrected chi connectivity index (χ3v) is 4.14. The van der Waals surface area contributed by atoms with Gasteiger partial charge in [0.2, 0.25) is 6.41 Å². The molecule has 0 unspecified atom stereocenters. The van der Waals surface area contributed by atoms with Gasteiger partial charge in [-0.15, -0.1) is 0 Å². The van der Waals surface area contributed by atoms with Crippen LogP contribution in [0.4, 0.5) is 4.79 Å². The molecule has 0 aromatic heterocycles. The van der Waals surface area contributed by atoms with Crippen molar-refractivity contribution in [3.05, 3.63) is 65.7 Å². The highest BCUT2D eigenvalue weighted by Crippen LogP contribution is 2.21. The third kappa shape index (κ3) is 7.35. The first-order chi connectivity index (χ1) is 15.7. The van der Waals surface area contributed by atoms with Crippen molar-refractivity contribution in [2.24, 2.45) is 16.5 Å². The van der Waals surface area contributed by atoms with Gasteiger partial charge >= 0.3 is 12.1 Å². The summed E-state index contributed by atoms with van der Waals surface area (Å²) < 4.78 is 10.6. The summed E-state index contributed by atoms with van der Waals surface area (Å²) in [5.41, 5.74) is 13.3. The summed E-state index contributed by atoms with van der Waals surface area (Å²) in [4.78, 5) is 52.7. The highest BCUT2D eigenvalue weighted by atomic mass is 16.6. The molecule has 174 valence electrons. The van der Waals surface area contributed by atoms with Crippen LogP contribution >= 0.6 is 0 Å². The zero-order valence-electron chi connectivity index (χ0n) is 18.1. The van der Waals surface area contributed by atoms with Crippen LogP contribution in [0.5, 0.6) is 5.75 Å². The second kappa shape index (κ2) is 11.8. The van der Waals surface area contributed by atoms with Crippen LogP contribution in [-0.2, 0) is 20.7 Å². The van der Waals surface area contributed by atoms with Gasteiger partial charge in [-0.25, -0.2) is 14.6 Å². The number of carbonyl (C=O) groups is 4. The molecular formula is C22H25N5O6. The van der Waals surface area contributed by atoms with Gasteiger partial charge in [-0.1, -0.05) is 42.5 Å². The second-order valence-electron chi connectivity index (χ2n) is 7.01. The van der Waals surface area contributed by atoms with Crippen LogP contribution in [0.25, 0.3) is 0 Å². The molecular weight excluding hydrogens is 430 g/mol. The lowest BCUT2D eigenvalue weighted by atomic mass is 10.1. The summed E-state index contributed by atoms with van der Waals surface area (Å²) in [6, 6.07) is 13.3. The number of ether oxygens (including phenoxy) is 2. The van der Waals surface area contributed by atoms with Crippen molar-refractivity contribution in [2.75, 3.05) is 0 Å². The molecule has 0 spiro atoms. The number of esters is 1. The molecule has 0 saturated heterocycles.